The van der Waals surface area contributed by atoms with E-state index in [-0.39, 0.29) is 29.7 Å². The molecule has 0 saturated carbocycles. The van der Waals surface area contributed by atoms with Gasteiger partial charge in [-0.1, -0.05) is 32.0 Å². The normalized spacial score (nSPS) is 12.0. The third-order valence-corrected chi connectivity index (χ3v) is 4.30. The molecule has 6 nitrogen and oxygen atoms in total. The number of carbonyl (C=O) groups excluding carboxylic acids is 1. The van der Waals surface area contributed by atoms with Gasteiger partial charge in [0.2, 0.25) is 0 Å². The highest BCUT2D eigenvalue weighted by molar-refractivity contribution is 5.92. The van der Waals surface area contributed by atoms with Gasteiger partial charge >= 0.3 is 0 Å². The van der Waals surface area contributed by atoms with Gasteiger partial charge in [0.25, 0.3) is 11.5 Å². The summed E-state index contributed by atoms with van der Waals surface area (Å²) < 4.78 is 6.86. The van der Waals surface area contributed by atoms with E-state index in [0.29, 0.717) is 12.5 Å². The lowest BCUT2D eigenvalue weighted by atomic mass is 10.1. The molecule has 0 aliphatic carbocycles. The molecule has 0 N–H and O–H groups in total. The van der Waals surface area contributed by atoms with Crippen LogP contribution < -0.4 is 10.3 Å². The van der Waals surface area contributed by atoms with E-state index in [0.717, 1.165) is 5.75 Å². The molecule has 6 heteroatoms. The van der Waals surface area contributed by atoms with Crippen LogP contribution in [0.4, 0.5) is 0 Å². The Labute approximate surface area is 148 Å². The number of hydrogen-bond acceptors (Lipinski definition) is 4. The van der Waals surface area contributed by atoms with Crippen molar-refractivity contribution in [3.63, 3.8) is 0 Å². The maximum atomic E-state index is 12.6. The van der Waals surface area contributed by atoms with Crippen molar-refractivity contribution in [3.8, 4) is 5.75 Å². The van der Waals surface area contributed by atoms with Gasteiger partial charge in [-0.05, 0) is 31.0 Å². The minimum atomic E-state index is -0.257. The van der Waals surface area contributed by atoms with Crippen LogP contribution in [-0.2, 0) is 6.54 Å². The van der Waals surface area contributed by atoms with E-state index in [9.17, 15) is 9.59 Å². The van der Waals surface area contributed by atoms with Gasteiger partial charge in [0.05, 0.1) is 6.54 Å². The van der Waals surface area contributed by atoms with Crippen LogP contribution in [0.25, 0.3) is 0 Å². The molecule has 134 valence electrons. The highest BCUT2D eigenvalue weighted by atomic mass is 16.5. The largest absolute Gasteiger partial charge is 0.492 e. The predicted molar refractivity (Wildman–Crippen MR) is 96.8 cm³/mol. The molecule has 1 heterocycles. The molecule has 0 fully saturated rings. The molecule has 0 aliphatic rings. The van der Waals surface area contributed by atoms with Crippen LogP contribution in [0, 0.1) is 5.92 Å². The third kappa shape index (κ3) is 4.92. The molecule has 0 aliphatic heterocycles. The number of nitrogens with zero attached hydrogens (tertiary/aromatic N) is 3. The van der Waals surface area contributed by atoms with Crippen LogP contribution in [-0.4, -0.2) is 40.3 Å². The summed E-state index contributed by atoms with van der Waals surface area (Å²) in [5, 5.41) is 4.20. The summed E-state index contributed by atoms with van der Waals surface area (Å²) in [6.07, 6.45) is 0. The lowest BCUT2D eigenvalue weighted by Crippen LogP contribution is -2.39. The zero-order valence-corrected chi connectivity index (χ0v) is 15.2. The summed E-state index contributed by atoms with van der Waals surface area (Å²) in [5.41, 5.74) is 0.00193. The SMILES string of the molecule is CC(C)C(C)N(C)C(=O)c1ccc(=O)n(CCOc2ccccc2)n1. The minimum absolute atomic E-state index is 0.0797. The first kappa shape index (κ1) is 18.7. The fourth-order valence-corrected chi connectivity index (χ4v) is 2.30. The van der Waals surface area contributed by atoms with Crippen molar-refractivity contribution in [2.75, 3.05) is 13.7 Å². The molecule has 0 spiro atoms. The molecule has 25 heavy (non-hydrogen) atoms. The Bertz CT molecular complexity index is 756. The zero-order valence-electron chi connectivity index (χ0n) is 15.2. The zero-order chi connectivity index (χ0) is 18.4. The summed E-state index contributed by atoms with van der Waals surface area (Å²) in [4.78, 5) is 26.2. The van der Waals surface area contributed by atoms with Crippen LogP contribution in [0.15, 0.2) is 47.3 Å². The lowest BCUT2D eigenvalue weighted by molar-refractivity contribution is 0.0697. The van der Waals surface area contributed by atoms with Crippen molar-refractivity contribution in [1.29, 1.82) is 0 Å². The fraction of sp³-hybridized carbons (Fsp3) is 0.421. The summed E-state index contributed by atoms with van der Waals surface area (Å²) in [7, 11) is 1.75. The molecule has 0 radical (unpaired) electrons. The van der Waals surface area contributed by atoms with Gasteiger partial charge in [0.1, 0.15) is 18.1 Å². The number of para-hydroxylation sites is 1. The summed E-state index contributed by atoms with van der Waals surface area (Å²) >= 11 is 0. The van der Waals surface area contributed by atoms with Gasteiger partial charge in [-0.15, -0.1) is 0 Å². The number of hydrogen-bond donors (Lipinski definition) is 0. The molecule has 2 aromatic rings. The first-order valence-electron chi connectivity index (χ1n) is 8.43. The molecule has 0 bridgehead atoms. The number of amides is 1. The Kier molecular flexibility index (Phi) is 6.33. The van der Waals surface area contributed by atoms with E-state index in [4.69, 9.17) is 4.74 Å². The highest BCUT2D eigenvalue weighted by Gasteiger charge is 2.21. The van der Waals surface area contributed by atoms with E-state index in [1.54, 1.807) is 11.9 Å². The van der Waals surface area contributed by atoms with Crippen LogP contribution >= 0.6 is 0 Å². The van der Waals surface area contributed by atoms with Crippen molar-refractivity contribution < 1.29 is 9.53 Å². The summed E-state index contributed by atoms with van der Waals surface area (Å²) in [5.74, 6) is 0.867. The molecule has 1 aromatic carbocycles. The number of rotatable bonds is 7. The number of ether oxygens (including phenoxy) is 1. The van der Waals surface area contributed by atoms with Crippen molar-refractivity contribution in [3.05, 3.63) is 58.5 Å². The van der Waals surface area contributed by atoms with Crippen LogP contribution in [0.2, 0.25) is 0 Å². The van der Waals surface area contributed by atoms with Gasteiger partial charge < -0.3 is 9.64 Å². The molecule has 1 amide bonds. The van der Waals surface area contributed by atoms with E-state index in [1.807, 2.05) is 37.3 Å². The van der Waals surface area contributed by atoms with E-state index >= 15 is 0 Å². The van der Waals surface area contributed by atoms with Crippen LogP contribution in [0.3, 0.4) is 0 Å². The quantitative estimate of drug-likeness (QED) is 0.774. The van der Waals surface area contributed by atoms with Crippen molar-refractivity contribution in [2.24, 2.45) is 5.92 Å². The van der Waals surface area contributed by atoms with Crippen LogP contribution in [0.5, 0.6) is 5.75 Å². The second kappa shape index (κ2) is 8.46. The molecule has 0 saturated heterocycles. The van der Waals surface area contributed by atoms with Crippen LogP contribution in [0.1, 0.15) is 31.3 Å². The Morgan fingerprint density at radius 2 is 1.84 bits per heavy atom. The van der Waals surface area contributed by atoms with E-state index < -0.39 is 0 Å². The monoisotopic (exact) mass is 343 g/mol. The number of aromatic nitrogens is 2. The first-order chi connectivity index (χ1) is 11.9. The smallest absolute Gasteiger partial charge is 0.274 e. The molecule has 1 unspecified atom stereocenters. The summed E-state index contributed by atoms with van der Waals surface area (Å²) in [6.45, 7) is 6.69. The Morgan fingerprint density at radius 3 is 2.48 bits per heavy atom. The molecule has 2 rings (SSSR count). The second-order valence-corrected chi connectivity index (χ2v) is 6.34. The van der Waals surface area contributed by atoms with Gasteiger partial charge in [-0.25, -0.2) is 4.68 Å². The lowest BCUT2D eigenvalue weighted by Gasteiger charge is -2.27. The molecular formula is C19H25N3O3. The maximum absolute atomic E-state index is 12.6. The van der Waals surface area contributed by atoms with Gasteiger partial charge in [0.15, 0.2) is 0 Å². The Balaban J connectivity index is 2.06. The van der Waals surface area contributed by atoms with Gasteiger partial charge in [0, 0.05) is 19.2 Å². The number of benzene rings is 1. The standard InChI is InChI=1S/C19H25N3O3/c1-14(2)15(3)21(4)19(24)17-10-11-18(23)22(20-17)12-13-25-16-8-6-5-7-9-16/h5-11,14-15H,12-13H2,1-4H3. The van der Waals surface area contributed by atoms with Crippen molar-refractivity contribution in [2.45, 2.75) is 33.4 Å². The first-order valence-corrected chi connectivity index (χ1v) is 8.43. The highest BCUT2D eigenvalue weighted by Crippen LogP contribution is 2.11. The van der Waals surface area contributed by atoms with Gasteiger partial charge in [-0.2, -0.15) is 5.10 Å². The van der Waals surface area contributed by atoms with E-state index in [2.05, 4.69) is 18.9 Å². The summed E-state index contributed by atoms with van der Waals surface area (Å²) in [6, 6.07) is 12.3. The topological polar surface area (TPSA) is 64.4 Å². The maximum Gasteiger partial charge on any atom is 0.274 e. The molecular weight excluding hydrogens is 318 g/mol. The molecule has 1 aromatic heterocycles. The fourth-order valence-electron chi connectivity index (χ4n) is 2.30. The average molecular weight is 343 g/mol. The minimum Gasteiger partial charge on any atom is -0.492 e. The third-order valence-electron chi connectivity index (χ3n) is 4.30. The van der Waals surface area contributed by atoms with E-state index in [1.165, 1.54) is 16.8 Å². The predicted octanol–water partition coefficient (Wildman–Crippen LogP) is 2.44. The number of carbonyl (C=O) groups is 1. The van der Waals surface area contributed by atoms with Crippen molar-refractivity contribution in [1.82, 2.24) is 14.7 Å². The Morgan fingerprint density at radius 1 is 1.16 bits per heavy atom. The average Bonchev–Trinajstić information content (AvgIpc) is 2.62. The Hall–Kier alpha value is -2.63. The second-order valence-electron chi connectivity index (χ2n) is 6.34. The molecule has 1 atom stereocenters. The van der Waals surface area contributed by atoms with Gasteiger partial charge in [-0.3, -0.25) is 9.59 Å². The van der Waals surface area contributed by atoms with Crippen molar-refractivity contribution >= 4 is 5.91 Å².